The van der Waals surface area contributed by atoms with Crippen molar-refractivity contribution in [2.75, 3.05) is 10.7 Å². The van der Waals surface area contributed by atoms with Crippen LogP contribution in [-0.4, -0.2) is 16.1 Å². The molecule has 0 saturated heterocycles. The zero-order chi connectivity index (χ0) is 13.1. The molecule has 0 aliphatic carbocycles. The Kier molecular flexibility index (Phi) is 3.29. The van der Waals surface area contributed by atoms with Gasteiger partial charge >= 0.3 is 0 Å². The van der Waals surface area contributed by atoms with Gasteiger partial charge in [-0.2, -0.15) is 5.10 Å². The third kappa shape index (κ3) is 2.18. The largest absolute Gasteiger partial charge is 0.323 e. The van der Waals surface area contributed by atoms with Crippen LogP contribution in [0.2, 0.25) is 0 Å². The number of carbonyl (C=O) groups excluding carboxylic acids is 1. The van der Waals surface area contributed by atoms with E-state index in [9.17, 15) is 4.79 Å². The average molecular weight is 245 g/mol. The highest BCUT2D eigenvalue weighted by Gasteiger charge is 2.14. The highest BCUT2D eigenvalue weighted by atomic mass is 16.1. The van der Waals surface area contributed by atoms with Crippen molar-refractivity contribution >= 4 is 17.3 Å². The molecular formula is C12H15N5O. The monoisotopic (exact) mass is 245 g/mol. The number of hydrogen-bond acceptors (Lipinski definition) is 4. The Labute approximate surface area is 105 Å². The van der Waals surface area contributed by atoms with Gasteiger partial charge in [-0.25, -0.2) is 0 Å². The summed E-state index contributed by atoms with van der Waals surface area (Å²) in [6.45, 7) is 3.68. The number of nitrogens with zero attached hydrogens (tertiary/aromatic N) is 1. The molecule has 0 aliphatic heterocycles. The molecule has 0 radical (unpaired) electrons. The lowest BCUT2D eigenvalue weighted by Crippen LogP contribution is -2.17. The Morgan fingerprint density at radius 2 is 2.06 bits per heavy atom. The van der Waals surface area contributed by atoms with E-state index in [2.05, 4.69) is 20.9 Å². The number of amides is 1. The molecule has 2 rings (SSSR count). The number of nitrogens with two attached hydrogens (primary N) is 1. The third-order valence-electron chi connectivity index (χ3n) is 2.69. The normalized spacial score (nSPS) is 10.2. The van der Waals surface area contributed by atoms with Crippen LogP contribution in [0.25, 0.3) is 0 Å². The molecule has 1 aromatic carbocycles. The number of anilines is 2. The number of rotatable bonds is 3. The average Bonchev–Trinajstić information content (AvgIpc) is 2.70. The summed E-state index contributed by atoms with van der Waals surface area (Å²) in [5.74, 6) is 5.15. The van der Waals surface area contributed by atoms with Gasteiger partial charge in [-0.3, -0.25) is 15.7 Å². The van der Waals surface area contributed by atoms with E-state index < -0.39 is 0 Å². The second-order valence-corrected chi connectivity index (χ2v) is 3.95. The molecule has 1 aromatic heterocycles. The first-order valence-electron chi connectivity index (χ1n) is 5.52. The van der Waals surface area contributed by atoms with Gasteiger partial charge in [0.05, 0.1) is 28.3 Å². The van der Waals surface area contributed by atoms with E-state index in [0.717, 1.165) is 11.4 Å². The van der Waals surface area contributed by atoms with Gasteiger partial charge in [-0.15, -0.1) is 0 Å². The van der Waals surface area contributed by atoms with Crippen LogP contribution in [0.4, 0.5) is 11.4 Å². The Morgan fingerprint density at radius 1 is 1.33 bits per heavy atom. The van der Waals surface area contributed by atoms with Gasteiger partial charge in [0, 0.05) is 0 Å². The predicted molar refractivity (Wildman–Crippen MR) is 70.3 cm³/mol. The molecule has 6 nitrogen and oxygen atoms in total. The van der Waals surface area contributed by atoms with Crippen LogP contribution in [0, 0.1) is 13.8 Å². The van der Waals surface area contributed by atoms with E-state index >= 15 is 0 Å². The second-order valence-electron chi connectivity index (χ2n) is 3.95. The van der Waals surface area contributed by atoms with E-state index in [1.165, 1.54) is 0 Å². The van der Waals surface area contributed by atoms with Crippen molar-refractivity contribution in [1.82, 2.24) is 10.2 Å². The lowest BCUT2D eigenvalue weighted by molar-refractivity contribution is 0.102. The Bertz CT molecular complexity index is 556. The minimum atomic E-state index is -0.226. The van der Waals surface area contributed by atoms with E-state index in [1.807, 2.05) is 13.8 Å². The number of nitrogens with one attached hydrogen (secondary N) is 3. The molecule has 0 bridgehead atoms. The zero-order valence-corrected chi connectivity index (χ0v) is 10.2. The van der Waals surface area contributed by atoms with E-state index in [4.69, 9.17) is 5.84 Å². The number of para-hydroxylation sites is 1. The van der Waals surface area contributed by atoms with E-state index in [0.29, 0.717) is 16.9 Å². The summed E-state index contributed by atoms with van der Waals surface area (Å²) in [4.78, 5) is 12.1. The van der Waals surface area contributed by atoms with Crippen molar-refractivity contribution in [3.05, 3.63) is 41.2 Å². The summed E-state index contributed by atoms with van der Waals surface area (Å²) in [7, 11) is 0. The third-order valence-corrected chi connectivity index (χ3v) is 2.69. The number of aromatic nitrogens is 2. The summed E-state index contributed by atoms with van der Waals surface area (Å²) in [5.41, 5.74) is 5.83. The molecule has 1 heterocycles. The number of aromatic amines is 1. The fourth-order valence-electron chi connectivity index (χ4n) is 1.72. The van der Waals surface area contributed by atoms with Crippen LogP contribution in [0.15, 0.2) is 24.3 Å². The lowest BCUT2D eigenvalue weighted by atomic mass is 10.1. The molecule has 94 valence electrons. The van der Waals surface area contributed by atoms with E-state index in [1.54, 1.807) is 24.3 Å². The van der Waals surface area contributed by atoms with Crippen molar-refractivity contribution in [3.8, 4) is 0 Å². The van der Waals surface area contributed by atoms with Crippen molar-refractivity contribution in [2.24, 2.45) is 5.84 Å². The molecule has 5 N–H and O–H groups in total. The Hall–Kier alpha value is -2.34. The zero-order valence-electron chi connectivity index (χ0n) is 10.2. The predicted octanol–water partition coefficient (Wildman–Crippen LogP) is 1.56. The molecule has 0 atom stereocenters. The standard InChI is InChI=1S/C12H15N5O/c1-7-11(8(2)17-16-7)14-12(18)9-5-3-4-6-10(9)15-13/h3-6,15H,13H2,1-2H3,(H,14,18)(H,16,17). The number of nitrogen functional groups attached to an aromatic ring is 1. The summed E-state index contributed by atoms with van der Waals surface area (Å²) in [6.07, 6.45) is 0. The topological polar surface area (TPSA) is 95.8 Å². The van der Waals surface area contributed by atoms with Crippen LogP contribution in [0.3, 0.4) is 0 Å². The molecule has 0 aliphatic rings. The molecule has 1 amide bonds. The number of aryl methyl sites for hydroxylation is 2. The maximum absolute atomic E-state index is 12.1. The first-order chi connectivity index (χ1) is 8.63. The quantitative estimate of drug-likeness (QED) is 0.487. The molecule has 18 heavy (non-hydrogen) atoms. The molecular weight excluding hydrogens is 230 g/mol. The van der Waals surface area contributed by atoms with Crippen LogP contribution in [-0.2, 0) is 0 Å². The molecule has 0 saturated carbocycles. The van der Waals surface area contributed by atoms with E-state index in [-0.39, 0.29) is 5.91 Å². The minimum absolute atomic E-state index is 0.226. The minimum Gasteiger partial charge on any atom is -0.323 e. The maximum Gasteiger partial charge on any atom is 0.257 e. The smallest absolute Gasteiger partial charge is 0.257 e. The molecule has 0 fully saturated rings. The van der Waals surface area contributed by atoms with Crippen molar-refractivity contribution in [2.45, 2.75) is 13.8 Å². The molecule has 2 aromatic rings. The summed E-state index contributed by atoms with van der Waals surface area (Å²) < 4.78 is 0. The summed E-state index contributed by atoms with van der Waals surface area (Å²) in [6, 6.07) is 7.03. The number of hydrazine groups is 1. The molecule has 6 heteroatoms. The Morgan fingerprint density at radius 3 is 2.67 bits per heavy atom. The number of benzene rings is 1. The SMILES string of the molecule is Cc1n[nH]c(C)c1NC(=O)c1ccccc1NN. The van der Waals surface area contributed by atoms with Gasteiger partial charge in [0.15, 0.2) is 0 Å². The fourth-order valence-corrected chi connectivity index (χ4v) is 1.72. The first-order valence-corrected chi connectivity index (χ1v) is 5.52. The van der Waals surface area contributed by atoms with Crippen molar-refractivity contribution in [3.63, 3.8) is 0 Å². The van der Waals surface area contributed by atoms with Gasteiger partial charge in [0.2, 0.25) is 0 Å². The Balaban J connectivity index is 2.28. The van der Waals surface area contributed by atoms with Gasteiger partial charge < -0.3 is 10.7 Å². The number of carbonyl (C=O) groups is 1. The summed E-state index contributed by atoms with van der Waals surface area (Å²) >= 11 is 0. The highest BCUT2D eigenvalue weighted by Crippen LogP contribution is 2.20. The van der Waals surface area contributed by atoms with Crippen LogP contribution < -0.4 is 16.6 Å². The number of hydrogen-bond donors (Lipinski definition) is 4. The van der Waals surface area contributed by atoms with Crippen LogP contribution in [0.1, 0.15) is 21.7 Å². The van der Waals surface area contributed by atoms with Crippen LogP contribution in [0.5, 0.6) is 0 Å². The molecule has 0 unspecified atom stereocenters. The lowest BCUT2D eigenvalue weighted by Gasteiger charge is -2.09. The van der Waals surface area contributed by atoms with Crippen molar-refractivity contribution in [1.29, 1.82) is 0 Å². The van der Waals surface area contributed by atoms with Gasteiger partial charge in [-0.1, -0.05) is 12.1 Å². The number of H-pyrrole nitrogens is 1. The van der Waals surface area contributed by atoms with Crippen molar-refractivity contribution < 1.29 is 4.79 Å². The second kappa shape index (κ2) is 4.89. The molecule has 0 spiro atoms. The van der Waals surface area contributed by atoms with Gasteiger partial charge in [0.25, 0.3) is 5.91 Å². The summed E-state index contributed by atoms with van der Waals surface area (Å²) in [5, 5.41) is 9.66. The van der Waals surface area contributed by atoms with Gasteiger partial charge in [0.1, 0.15) is 0 Å². The first kappa shape index (κ1) is 12.1. The fraction of sp³-hybridized carbons (Fsp3) is 0.167. The highest BCUT2D eigenvalue weighted by molar-refractivity contribution is 6.08. The maximum atomic E-state index is 12.1. The van der Waals surface area contributed by atoms with Crippen LogP contribution >= 0.6 is 0 Å². The van der Waals surface area contributed by atoms with Gasteiger partial charge in [-0.05, 0) is 26.0 Å².